The molecule has 1 rings (SSSR count). The van der Waals surface area contributed by atoms with Crippen LogP contribution >= 0.6 is 0 Å². The second-order valence-corrected chi connectivity index (χ2v) is 10.2. The van der Waals surface area contributed by atoms with Crippen LogP contribution in [-0.4, -0.2) is 0 Å². The predicted octanol–water partition coefficient (Wildman–Crippen LogP) is 9.28. The van der Waals surface area contributed by atoms with Gasteiger partial charge in [0.15, 0.2) is 0 Å². The highest BCUT2D eigenvalue weighted by molar-refractivity contribution is 4.91. The summed E-state index contributed by atoms with van der Waals surface area (Å²) in [6.45, 7) is 17.4. The molecule has 0 aliphatic heterocycles. The predicted molar refractivity (Wildman–Crippen MR) is 120 cm³/mol. The van der Waals surface area contributed by atoms with Crippen LogP contribution in [0.1, 0.15) is 132 Å². The maximum atomic E-state index is 2.63. The summed E-state index contributed by atoms with van der Waals surface area (Å²) in [5, 5.41) is 0. The molecule has 0 heteroatoms. The first-order valence-electron chi connectivity index (χ1n) is 12.4. The zero-order valence-electron chi connectivity index (χ0n) is 19.6. The number of hydrogen-bond acceptors (Lipinski definition) is 0. The van der Waals surface area contributed by atoms with Crippen molar-refractivity contribution < 1.29 is 0 Å². The second kappa shape index (κ2) is 12.5. The Morgan fingerprint density at radius 3 is 1.88 bits per heavy atom. The van der Waals surface area contributed by atoms with Crippen molar-refractivity contribution in [2.75, 3.05) is 0 Å². The van der Waals surface area contributed by atoms with Crippen LogP contribution in [0.4, 0.5) is 0 Å². The van der Waals surface area contributed by atoms with E-state index >= 15 is 0 Å². The average molecular weight is 365 g/mol. The molecule has 26 heavy (non-hydrogen) atoms. The van der Waals surface area contributed by atoms with Crippen molar-refractivity contribution in [1.29, 1.82) is 0 Å². The van der Waals surface area contributed by atoms with Gasteiger partial charge < -0.3 is 0 Å². The van der Waals surface area contributed by atoms with Crippen molar-refractivity contribution in [3.05, 3.63) is 0 Å². The van der Waals surface area contributed by atoms with Gasteiger partial charge in [0.1, 0.15) is 0 Å². The first kappa shape index (κ1) is 24.0. The van der Waals surface area contributed by atoms with Gasteiger partial charge in [-0.3, -0.25) is 0 Å². The van der Waals surface area contributed by atoms with E-state index in [4.69, 9.17) is 0 Å². The van der Waals surface area contributed by atoms with E-state index in [0.29, 0.717) is 5.41 Å². The molecule has 0 aromatic rings. The molecule has 0 amide bonds. The van der Waals surface area contributed by atoms with Gasteiger partial charge in [0.2, 0.25) is 0 Å². The van der Waals surface area contributed by atoms with Gasteiger partial charge in [-0.25, -0.2) is 0 Å². The minimum Gasteiger partial charge on any atom is -0.0654 e. The minimum atomic E-state index is 0.576. The lowest BCUT2D eigenvalue weighted by molar-refractivity contribution is 0.0242. The van der Waals surface area contributed by atoms with E-state index in [9.17, 15) is 0 Å². The quantitative estimate of drug-likeness (QED) is 0.271. The molecule has 1 saturated carbocycles. The Hall–Kier alpha value is 0. The summed E-state index contributed by atoms with van der Waals surface area (Å²) in [4.78, 5) is 0. The van der Waals surface area contributed by atoms with Crippen molar-refractivity contribution in [2.24, 2.45) is 35.0 Å². The molecule has 156 valence electrons. The summed E-state index contributed by atoms with van der Waals surface area (Å²) in [5.74, 6) is 4.59. The van der Waals surface area contributed by atoms with Crippen LogP contribution in [-0.2, 0) is 0 Å². The molecule has 5 atom stereocenters. The Balaban J connectivity index is 2.85. The van der Waals surface area contributed by atoms with Crippen LogP contribution < -0.4 is 0 Å². The van der Waals surface area contributed by atoms with E-state index in [0.717, 1.165) is 29.6 Å². The van der Waals surface area contributed by atoms with E-state index in [1.165, 1.54) is 83.5 Å². The molecule has 0 spiro atoms. The highest BCUT2D eigenvalue weighted by atomic mass is 14.5. The van der Waals surface area contributed by atoms with Crippen molar-refractivity contribution in [1.82, 2.24) is 0 Å². The maximum Gasteiger partial charge on any atom is -0.0244 e. The molecule has 1 aliphatic carbocycles. The third kappa shape index (κ3) is 6.87. The van der Waals surface area contributed by atoms with Crippen molar-refractivity contribution in [3.8, 4) is 0 Å². The number of unbranched alkanes of at least 4 members (excludes halogenated alkanes) is 1. The Morgan fingerprint density at radius 2 is 1.42 bits per heavy atom. The molecule has 0 aromatic heterocycles. The van der Waals surface area contributed by atoms with Gasteiger partial charge in [-0.05, 0) is 47.8 Å². The number of rotatable bonds is 15. The Labute approximate surface area is 167 Å². The highest BCUT2D eigenvalue weighted by Gasteiger charge is 2.41. The molecule has 0 nitrogen and oxygen atoms in total. The summed E-state index contributed by atoms with van der Waals surface area (Å²) >= 11 is 0. The van der Waals surface area contributed by atoms with Gasteiger partial charge >= 0.3 is 0 Å². The topological polar surface area (TPSA) is 0 Å². The van der Waals surface area contributed by atoms with Crippen LogP contribution in [0.5, 0.6) is 0 Å². The lowest BCUT2D eigenvalue weighted by Crippen LogP contribution is -2.38. The minimum absolute atomic E-state index is 0.576. The van der Waals surface area contributed by atoms with E-state index in [1.807, 2.05) is 0 Å². The third-order valence-electron chi connectivity index (χ3n) is 8.46. The van der Waals surface area contributed by atoms with Crippen LogP contribution in [0.3, 0.4) is 0 Å². The third-order valence-corrected chi connectivity index (χ3v) is 8.46. The fourth-order valence-electron chi connectivity index (χ4n) is 5.73. The molecule has 0 bridgehead atoms. The van der Waals surface area contributed by atoms with Gasteiger partial charge in [0, 0.05) is 0 Å². The first-order valence-corrected chi connectivity index (χ1v) is 12.4. The summed E-state index contributed by atoms with van der Waals surface area (Å²) in [5.41, 5.74) is 0.576. The molecule has 5 unspecified atom stereocenters. The van der Waals surface area contributed by atoms with Gasteiger partial charge in [-0.2, -0.15) is 0 Å². The smallest absolute Gasteiger partial charge is 0.0244 e. The zero-order chi connectivity index (χ0) is 19.6. The zero-order valence-corrected chi connectivity index (χ0v) is 19.6. The largest absolute Gasteiger partial charge is 0.0654 e. The standard InChI is InChI=1S/C26H52/c1-8-11-14-23(6)26(19-9-2,20-22(5)21(4)10-3)24(7)15-12-16-25-17-13-18-25/h21-25H,8-20H2,1-7H3. The van der Waals surface area contributed by atoms with Crippen LogP contribution in [0.2, 0.25) is 0 Å². The molecule has 0 saturated heterocycles. The van der Waals surface area contributed by atoms with Gasteiger partial charge in [0.25, 0.3) is 0 Å². The molecule has 0 N–H and O–H groups in total. The van der Waals surface area contributed by atoms with E-state index < -0.39 is 0 Å². The van der Waals surface area contributed by atoms with Crippen molar-refractivity contribution in [2.45, 2.75) is 132 Å². The average Bonchev–Trinajstić information content (AvgIpc) is 2.59. The number of hydrogen-bond donors (Lipinski definition) is 0. The lowest BCUT2D eigenvalue weighted by Gasteiger charge is -2.47. The second-order valence-electron chi connectivity index (χ2n) is 10.2. The fourth-order valence-corrected chi connectivity index (χ4v) is 5.73. The van der Waals surface area contributed by atoms with E-state index in [-0.39, 0.29) is 0 Å². The van der Waals surface area contributed by atoms with Crippen LogP contribution in [0, 0.1) is 35.0 Å². The molecular weight excluding hydrogens is 312 g/mol. The van der Waals surface area contributed by atoms with E-state index in [1.54, 1.807) is 0 Å². The Kier molecular flexibility index (Phi) is 11.5. The van der Waals surface area contributed by atoms with Gasteiger partial charge in [-0.1, -0.05) is 119 Å². The summed E-state index contributed by atoms with van der Waals surface area (Å²) in [6, 6.07) is 0. The molecular formula is C26H52. The highest BCUT2D eigenvalue weighted by Crippen LogP contribution is 2.50. The lowest BCUT2D eigenvalue weighted by atomic mass is 9.58. The maximum absolute atomic E-state index is 2.63. The molecule has 0 radical (unpaired) electrons. The van der Waals surface area contributed by atoms with Gasteiger partial charge in [0.05, 0.1) is 0 Å². The summed E-state index contributed by atoms with van der Waals surface area (Å²) in [7, 11) is 0. The molecule has 0 aromatic carbocycles. The SMILES string of the molecule is CCCCC(C)C(CCC)(CC(C)C(C)CC)C(C)CCCC1CCC1. The monoisotopic (exact) mass is 364 g/mol. The van der Waals surface area contributed by atoms with E-state index in [2.05, 4.69) is 48.5 Å². The van der Waals surface area contributed by atoms with Gasteiger partial charge in [-0.15, -0.1) is 0 Å². The van der Waals surface area contributed by atoms with Crippen molar-refractivity contribution >= 4 is 0 Å². The Bertz CT molecular complexity index is 342. The summed E-state index contributed by atoms with van der Waals surface area (Å²) in [6.07, 6.45) is 18.8. The molecule has 1 fully saturated rings. The normalized spacial score (nSPS) is 22.3. The molecule has 1 aliphatic rings. The first-order chi connectivity index (χ1) is 12.4. The fraction of sp³-hybridized carbons (Fsp3) is 1.00. The molecule has 0 heterocycles. The Morgan fingerprint density at radius 1 is 0.808 bits per heavy atom. The van der Waals surface area contributed by atoms with Crippen LogP contribution in [0.15, 0.2) is 0 Å². The summed E-state index contributed by atoms with van der Waals surface area (Å²) < 4.78 is 0. The van der Waals surface area contributed by atoms with Crippen molar-refractivity contribution in [3.63, 3.8) is 0 Å². The van der Waals surface area contributed by atoms with Crippen LogP contribution in [0.25, 0.3) is 0 Å².